The first-order chi connectivity index (χ1) is 5.83. The molecule has 12 heavy (non-hydrogen) atoms. The van der Waals surface area contributed by atoms with E-state index in [0.717, 1.165) is 6.67 Å². The fourth-order valence-electron chi connectivity index (χ4n) is 1.10. The topological polar surface area (TPSA) is 6.48 Å². The van der Waals surface area contributed by atoms with Gasteiger partial charge in [0.2, 0.25) is 0 Å². The van der Waals surface area contributed by atoms with Crippen LogP contribution in [-0.2, 0) is 0 Å². The van der Waals surface area contributed by atoms with Crippen LogP contribution in [0.1, 0.15) is 19.8 Å². The predicted octanol–water partition coefficient (Wildman–Crippen LogP) is 0.968. The number of hydrogen-bond acceptors (Lipinski definition) is 2. The van der Waals surface area contributed by atoms with Gasteiger partial charge in [-0.3, -0.25) is 0 Å². The third-order valence-corrected chi connectivity index (χ3v) is 1.74. The number of unbranched alkanes of at least 4 members (excludes halogenated alkanes) is 1. The van der Waals surface area contributed by atoms with Gasteiger partial charge in [-0.05, 0) is 6.42 Å². The molecule has 1 rings (SSSR count). The van der Waals surface area contributed by atoms with Gasteiger partial charge in [-0.25, -0.2) is 0 Å². The van der Waals surface area contributed by atoms with Crippen LogP contribution in [0.25, 0.3) is 0 Å². The zero-order valence-corrected chi connectivity index (χ0v) is 14.7. The van der Waals surface area contributed by atoms with Gasteiger partial charge in [0.15, 0.2) is 0 Å². The van der Waals surface area contributed by atoms with Gasteiger partial charge in [0.25, 0.3) is 0 Å². The van der Waals surface area contributed by atoms with E-state index in [1.807, 2.05) is 0 Å². The van der Waals surface area contributed by atoms with Crippen LogP contribution >= 0.6 is 8.92 Å². The van der Waals surface area contributed by atoms with Crippen molar-refractivity contribution in [1.29, 1.82) is 0 Å². The molecule has 0 unspecified atom stereocenters. The third kappa shape index (κ3) is 5.14. The first-order valence-corrected chi connectivity index (χ1v) is 11.6. The molecule has 0 amide bonds. The molecule has 0 N–H and O–H groups in total. The van der Waals surface area contributed by atoms with Crippen molar-refractivity contribution in [3.63, 3.8) is 0 Å². The molecular weight excluding hydrogens is 278 g/mol. The van der Waals surface area contributed by atoms with E-state index in [9.17, 15) is 0 Å². The summed E-state index contributed by atoms with van der Waals surface area (Å²) in [5.41, 5.74) is 0. The molecule has 0 spiro atoms. The molecule has 0 aromatic carbocycles. The standard InChI is InChI=1S/C8H16N2.ClH.Sn.3H/c1-3-4-5-10-7-6-9(2)8-10;;;;;/h6-7H,3-5,8H2,1-2H3;1H;;;;/q;;+1;;;/p-1. The van der Waals surface area contributed by atoms with Crippen molar-refractivity contribution < 1.29 is 0 Å². The summed E-state index contributed by atoms with van der Waals surface area (Å²) >= 11 is 0.422. The Morgan fingerprint density at radius 1 is 1.42 bits per heavy atom. The number of hydrogen-bond donors (Lipinski definition) is 0. The molecule has 2 nitrogen and oxygen atoms in total. The molecule has 0 fully saturated rings. The summed E-state index contributed by atoms with van der Waals surface area (Å²) in [5.74, 6) is 0. The van der Waals surface area contributed by atoms with Crippen molar-refractivity contribution in [2.45, 2.75) is 19.8 Å². The molecule has 0 atom stereocenters. The van der Waals surface area contributed by atoms with E-state index in [1.54, 1.807) is 0 Å². The minimum absolute atomic E-state index is 0.422. The maximum atomic E-state index is 4.85. The van der Waals surface area contributed by atoms with Crippen LogP contribution in [0, 0.1) is 0 Å². The number of nitrogens with zero attached hydrogens (tertiary/aromatic N) is 2. The molecule has 0 saturated carbocycles. The first kappa shape index (κ1) is 12.4. The van der Waals surface area contributed by atoms with Crippen LogP contribution in [0.4, 0.5) is 0 Å². The molecule has 1 aliphatic heterocycles. The SMILES string of the molecule is CCCCN1C=CN(C)C1.[Cl][SnH3]. The fourth-order valence-corrected chi connectivity index (χ4v) is 1.10. The van der Waals surface area contributed by atoms with Gasteiger partial charge in [0.05, 0.1) is 6.67 Å². The van der Waals surface area contributed by atoms with E-state index in [2.05, 4.69) is 36.2 Å². The van der Waals surface area contributed by atoms with Crippen LogP contribution in [0.15, 0.2) is 12.4 Å². The quantitative estimate of drug-likeness (QED) is 0.716. The molecule has 0 aromatic rings. The van der Waals surface area contributed by atoms with Crippen molar-refractivity contribution in [2.24, 2.45) is 0 Å². The molecular formula is C8H19ClN2Sn. The van der Waals surface area contributed by atoms with Crippen molar-refractivity contribution in [1.82, 2.24) is 9.80 Å². The number of rotatable bonds is 3. The molecule has 4 heteroatoms. The fraction of sp³-hybridized carbons (Fsp3) is 0.750. The second-order valence-corrected chi connectivity index (χ2v) is 2.86. The first-order valence-electron chi connectivity index (χ1n) is 4.33. The maximum absolute atomic E-state index is 4.85. The van der Waals surface area contributed by atoms with Crippen molar-refractivity contribution in [3.05, 3.63) is 12.4 Å². The summed E-state index contributed by atoms with van der Waals surface area (Å²) in [6.45, 7) is 4.50. The summed E-state index contributed by atoms with van der Waals surface area (Å²) < 4.78 is 0. The Kier molecular flexibility index (Phi) is 8.33. The Hall–Kier alpha value is 0.429. The van der Waals surface area contributed by atoms with E-state index < -0.39 is 0 Å². The monoisotopic (exact) mass is 298 g/mol. The van der Waals surface area contributed by atoms with Crippen LogP contribution in [0.3, 0.4) is 0 Å². The van der Waals surface area contributed by atoms with Gasteiger partial charge in [-0.15, -0.1) is 0 Å². The van der Waals surface area contributed by atoms with E-state index in [1.165, 1.54) is 19.4 Å². The molecule has 1 aliphatic rings. The summed E-state index contributed by atoms with van der Waals surface area (Å²) in [6, 6.07) is 0. The third-order valence-electron chi connectivity index (χ3n) is 1.74. The zero-order valence-electron chi connectivity index (χ0n) is 8.26. The number of halogens is 1. The molecule has 72 valence electrons. The molecule has 0 aliphatic carbocycles. The van der Waals surface area contributed by atoms with Crippen molar-refractivity contribution in [3.8, 4) is 0 Å². The Balaban J connectivity index is 0.000000561. The van der Waals surface area contributed by atoms with Crippen LogP contribution < -0.4 is 0 Å². The normalized spacial score (nSPS) is 14.9. The van der Waals surface area contributed by atoms with E-state index in [4.69, 9.17) is 8.92 Å². The van der Waals surface area contributed by atoms with Gasteiger partial charge in [0.1, 0.15) is 0 Å². The Bertz CT molecular complexity index is 130. The van der Waals surface area contributed by atoms with Crippen LogP contribution in [0.5, 0.6) is 0 Å². The molecule has 0 aromatic heterocycles. The zero-order chi connectivity index (χ0) is 9.40. The van der Waals surface area contributed by atoms with Gasteiger partial charge >= 0.3 is 30.3 Å². The Morgan fingerprint density at radius 3 is 2.50 bits per heavy atom. The van der Waals surface area contributed by atoms with E-state index >= 15 is 0 Å². The Labute approximate surface area is 92.4 Å². The predicted molar refractivity (Wildman–Crippen MR) is 59.2 cm³/mol. The van der Waals surface area contributed by atoms with Crippen LogP contribution in [0.2, 0.25) is 0 Å². The average Bonchev–Trinajstić information content (AvgIpc) is 2.51. The van der Waals surface area contributed by atoms with Gasteiger partial charge in [-0.1, -0.05) is 13.3 Å². The van der Waals surface area contributed by atoms with Crippen molar-refractivity contribution >= 4 is 30.3 Å². The molecule has 1 heterocycles. The average molecular weight is 297 g/mol. The summed E-state index contributed by atoms with van der Waals surface area (Å²) in [7, 11) is 6.95. The minimum atomic E-state index is 0.422. The second-order valence-electron chi connectivity index (χ2n) is 2.86. The van der Waals surface area contributed by atoms with Crippen molar-refractivity contribution in [2.75, 3.05) is 20.3 Å². The van der Waals surface area contributed by atoms with Gasteiger partial charge in [-0.2, -0.15) is 0 Å². The Morgan fingerprint density at radius 2 is 2.08 bits per heavy atom. The molecule has 0 bridgehead atoms. The summed E-state index contributed by atoms with van der Waals surface area (Å²) in [5, 5.41) is 0. The second kappa shape index (κ2) is 8.05. The molecule has 0 saturated heterocycles. The van der Waals surface area contributed by atoms with E-state index in [-0.39, 0.29) is 0 Å². The summed E-state index contributed by atoms with van der Waals surface area (Å²) in [4.78, 5) is 4.53. The molecule has 0 radical (unpaired) electrons. The van der Waals surface area contributed by atoms with E-state index in [0.29, 0.717) is 21.4 Å². The van der Waals surface area contributed by atoms with Gasteiger partial charge in [0, 0.05) is 26.0 Å². The van der Waals surface area contributed by atoms with Crippen LogP contribution in [-0.4, -0.2) is 51.5 Å². The summed E-state index contributed by atoms with van der Waals surface area (Å²) in [6.07, 6.45) is 6.87. The van der Waals surface area contributed by atoms with Gasteiger partial charge < -0.3 is 9.80 Å².